The van der Waals surface area contributed by atoms with Crippen LogP contribution in [0.15, 0.2) is 12.1 Å². The molecule has 0 aromatic heterocycles. The molecule has 1 atom stereocenters. The molecule has 1 fully saturated rings. The van der Waals surface area contributed by atoms with E-state index in [1.165, 1.54) is 11.1 Å². The first-order valence-electron chi connectivity index (χ1n) is 6.33. The topological polar surface area (TPSA) is 47.7 Å². The molecule has 0 radical (unpaired) electrons. The molecule has 0 saturated carbocycles. The Balaban J connectivity index is 0.00000180. The van der Waals surface area contributed by atoms with E-state index in [-0.39, 0.29) is 12.4 Å². The molecule has 1 aromatic carbocycles. The summed E-state index contributed by atoms with van der Waals surface area (Å²) in [6.45, 7) is 5.09. The zero-order valence-corrected chi connectivity index (χ0v) is 12.6. The highest BCUT2D eigenvalue weighted by molar-refractivity contribution is 5.85. The van der Waals surface area contributed by atoms with E-state index in [4.69, 9.17) is 15.2 Å². The summed E-state index contributed by atoms with van der Waals surface area (Å²) in [5.74, 6) is 1.58. The third-order valence-electron chi connectivity index (χ3n) is 3.54. The number of benzene rings is 1. The third-order valence-corrected chi connectivity index (χ3v) is 3.54. The minimum absolute atomic E-state index is 0. The number of ether oxygens (including phenoxy) is 2. The number of hydrogen-bond acceptors (Lipinski definition) is 4. The van der Waals surface area contributed by atoms with Crippen LogP contribution in [-0.2, 0) is 6.54 Å². The van der Waals surface area contributed by atoms with Gasteiger partial charge in [0.25, 0.3) is 0 Å². The van der Waals surface area contributed by atoms with Crippen LogP contribution in [0.1, 0.15) is 17.5 Å². The van der Waals surface area contributed by atoms with Crippen molar-refractivity contribution in [1.82, 2.24) is 4.90 Å². The van der Waals surface area contributed by atoms with Crippen LogP contribution in [0, 0.1) is 6.92 Å². The van der Waals surface area contributed by atoms with Crippen LogP contribution in [0.5, 0.6) is 11.5 Å². The summed E-state index contributed by atoms with van der Waals surface area (Å²) in [4.78, 5) is 2.39. The average Bonchev–Trinajstić information content (AvgIpc) is 2.77. The standard InChI is InChI=1S/C14H22N2O2.ClH/c1-10-6-13(17-2)14(18-3)7-11(10)8-16-5-4-12(15)9-16;/h6-7,12H,4-5,8-9,15H2,1-3H3;1H. The first-order chi connectivity index (χ1) is 8.63. The first kappa shape index (κ1) is 16.1. The highest BCUT2D eigenvalue weighted by Crippen LogP contribution is 2.31. The fourth-order valence-corrected chi connectivity index (χ4v) is 2.44. The molecule has 108 valence electrons. The van der Waals surface area contributed by atoms with Gasteiger partial charge >= 0.3 is 0 Å². The van der Waals surface area contributed by atoms with Crippen molar-refractivity contribution in [2.24, 2.45) is 5.73 Å². The second-order valence-corrected chi connectivity index (χ2v) is 4.92. The Hall–Kier alpha value is -0.970. The normalized spacial score (nSPS) is 19.1. The van der Waals surface area contributed by atoms with Crippen LogP contribution in [0.25, 0.3) is 0 Å². The van der Waals surface area contributed by atoms with E-state index in [1.54, 1.807) is 14.2 Å². The predicted octanol–water partition coefficient (Wildman–Crippen LogP) is 1.97. The molecule has 2 N–H and O–H groups in total. The van der Waals surface area contributed by atoms with Crippen LogP contribution >= 0.6 is 12.4 Å². The number of likely N-dealkylation sites (tertiary alicyclic amines) is 1. The lowest BCUT2D eigenvalue weighted by molar-refractivity contribution is 0.322. The molecule has 0 aliphatic carbocycles. The van der Waals surface area contributed by atoms with Gasteiger partial charge in [0, 0.05) is 25.7 Å². The number of nitrogens with zero attached hydrogens (tertiary/aromatic N) is 1. The minimum Gasteiger partial charge on any atom is -0.493 e. The maximum Gasteiger partial charge on any atom is 0.161 e. The molecule has 4 nitrogen and oxygen atoms in total. The van der Waals surface area contributed by atoms with Gasteiger partial charge in [0.1, 0.15) is 0 Å². The summed E-state index contributed by atoms with van der Waals surface area (Å²) in [6.07, 6.45) is 1.09. The van der Waals surface area contributed by atoms with Crippen LogP contribution < -0.4 is 15.2 Å². The molecule has 5 heteroatoms. The van der Waals surface area contributed by atoms with Gasteiger partial charge in [0.2, 0.25) is 0 Å². The highest BCUT2D eigenvalue weighted by Gasteiger charge is 2.20. The van der Waals surface area contributed by atoms with Crippen molar-refractivity contribution in [3.8, 4) is 11.5 Å². The molecule has 19 heavy (non-hydrogen) atoms. The average molecular weight is 287 g/mol. The summed E-state index contributed by atoms with van der Waals surface area (Å²) in [5, 5.41) is 0. The lowest BCUT2D eigenvalue weighted by Crippen LogP contribution is -2.26. The van der Waals surface area contributed by atoms with Crippen LogP contribution in [0.2, 0.25) is 0 Å². The number of rotatable bonds is 4. The van der Waals surface area contributed by atoms with Gasteiger partial charge in [-0.15, -0.1) is 12.4 Å². The summed E-state index contributed by atoms with van der Waals surface area (Å²) in [6, 6.07) is 4.42. The van der Waals surface area contributed by atoms with Crippen LogP contribution in [0.3, 0.4) is 0 Å². The van der Waals surface area contributed by atoms with Gasteiger partial charge in [-0.2, -0.15) is 0 Å². The number of methoxy groups -OCH3 is 2. The van der Waals surface area contributed by atoms with Gasteiger partial charge in [-0.3, -0.25) is 4.90 Å². The fourth-order valence-electron chi connectivity index (χ4n) is 2.44. The van der Waals surface area contributed by atoms with Crippen molar-refractivity contribution >= 4 is 12.4 Å². The molecule has 0 bridgehead atoms. The van der Waals surface area contributed by atoms with Crippen molar-refractivity contribution in [2.75, 3.05) is 27.3 Å². The quantitative estimate of drug-likeness (QED) is 0.919. The van der Waals surface area contributed by atoms with Gasteiger partial charge in [-0.1, -0.05) is 0 Å². The summed E-state index contributed by atoms with van der Waals surface area (Å²) in [7, 11) is 3.33. The molecule has 0 spiro atoms. The van der Waals surface area contributed by atoms with Gasteiger partial charge < -0.3 is 15.2 Å². The van der Waals surface area contributed by atoms with Crippen molar-refractivity contribution in [3.05, 3.63) is 23.3 Å². The number of hydrogen-bond donors (Lipinski definition) is 1. The van der Waals surface area contributed by atoms with E-state index in [0.29, 0.717) is 6.04 Å². The molecule has 1 heterocycles. The van der Waals surface area contributed by atoms with Crippen LogP contribution in [-0.4, -0.2) is 38.3 Å². The predicted molar refractivity (Wildman–Crippen MR) is 79.4 cm³/mol. The van der Waals surface area contributed by atoms with Gasteiger partial charge in [-0.05, 0) is 36.6 Å². The molecule has 1 aromatic rings. The fraction of sp³-hybridized carbons (Fsp3) is 0.571. The molecule has 1 saturated heterocycles. The Morgan fingerprint density at radius 2 is 1.89 bits per heavy atom. The van der Waals surface area contributed by atoms with Gasteiger partial charge in [0.15, 0.2) is 11.5 Å². The molecular weight excluding hydrogens is 264 g/mol. The second-order valence-electron chi connectivity index (χ2n) is 4.92. The van der Waals surface area contributed by atoms with E-state index in [0.717, 1.165) is 37.6 Å². The van der Waals surface area contributed by atoms with Crippen molar-refractivity contribution in [1.29, 1.82) is 0 Å². The summed E-state index contributed by atoms with van der Waals surface area (Å²) < 4.78 is 10.6. The molecule has 1 unspecified atom stereocenters. The van der Waals surface area contributed by atoms with Crippen molar-refractivity contribution in [3.63, 3.8) is 0 Å². The SMILES string of the molecule is COc1cc(C)c(CN2CCC(N)C2)cc1OC.Cl. The second kappa shape index (κ2) is 6.98. The Labute approximate surface area is 121 Å². The Morgan fingerprint density at radius 3 is 2.42 bits per heavy atom. The summed E-state index contributed by atoms with van der Waals surface area (Å²) >= 11 is 0. The van der Waals surface area contributed by atoms with Crippen molar-refractivity contribution in [2.45, 2.75) is 25.9 Å². The van der Waals surface area contributed by atoms with E-state index >= 15 is 0 Å². The Kier molecular flexibility index (Phi) is 5.91. The van der Waals surface area contributed by atoms with E-state index in [1.807, 2.05) is 6.07 Å². The molecule has 0 amide bonds. The molecule has 1 aliphatic rings. The lowest BCUT2D eigenvalue weighted by Gasteiger charge is -2.18. The Bertz CT molecular complexity index is 426. The Morgan fingerprint density at radius 1 is 1.26 bits per heavy atom. The van der Waals surface area contributed by atoms with E-state index in [9.17, 15) is 0 Å². The zero-order valence-electron chi connectivity index (χ0n) is 11.8. The zero-order chi connectivity index (χ0) is 13.1. The first-order valence-corrected chi connectivity index (χ1v) is 6.33. The third kappa shape index (κ3) is 3.75. The highest BCUT2D eigenvalue weighted by atomic mass is 35.5. The lowest BCUT2D eigenvalue weighted by atomic mass is 10.1. The number of nitrogens with two attached hydrogens (primary N) is 1. The minimum atomic E-state index is 0. The van der Waals surface area contributed by atoms with Crippen LogP contribution in [0.4, 0.5) is 0 Å². The number of aryl methyl sites for hydroxylation is 1. The van der Waals surface area contributed by atoms with Gasteiger partial charge in [0.05, 0.1) is 14.2 Å². The molecular formula is C14H23ClN2O2. The monoisotopic (exact) mass is 286 g/mol. The van der Waals surface area contributed by atoms with Crippen molar-refractivity contribution < 1.29 is 9.47 Å². The van der Waals surface area contributed by atoms with E-state index in [2.05, 4.69) is 17.9 Å². The number of halogens is 1. The maximum atomic E-state index is 5.93. The smallest absolute Gasteiger partial charge is 0.161 e. The largest absolute Gasteiger partial charge is 0.493 e. The molecule has 2 rings (SSSR count). The molecule has 1 aliphatic heterocycles. The van der Waals surface area contributed by atoms with Gasteiger partial charge in [-0.25, -0.2) is 0 Å². The maximum absolute atomic E-state index is 5.93. The summed E-state index contributed by atoms with van der Waals surface area (Å²) in [5.41, 5.74) is 8.44. The van der Waals surface area contributed by atoms with E-state index < -0.39 is 0 Å².